The van der Waals surface area contributed by atoms with Crippen LogP contribution in [0.5, 0.6) is 0 Å². The summed E-state index contributed by atoms with van der Waals surface area (Å²) in [5.41, 5.74) is 3.70. The van der Waals surface area contributed by atoms with E-state index < -0.39 is 0 Å². The maximum Gasteiger partial charge on any atom is 0.227 e. The lowest BCUT2D eigenvalue weighted by atomic mass is 10.1. The summed E-state index contributed by atoms with van der Waals surface area (Å²) in [5, 5.41) is 3.56. The highest BCUT2D eigenvalue weighted by molar-refractivity contribution is 6.30. The van der Waals surface area contributed by atoms with Gasteiger partial charge >= 0.3 is 0 Å². The van der Waals surface area contributed by atoms with E-state index in [2.05, 4.69) is 5.32 Å². The van der Waals surface area contributed by atoms with Crippen molar-refractivity contribution in [1.82, 2.24) is 5.32 Å². The Hall–Kier alpha value is -2.86. The molecule has 0 bridgehead atoms. The Morgan fingerprint density at radius 1 is 1.17 bits per heavy atom. The van der Waals surface area contributed by atoms with Gasteiger partial charge in [0.15, 0.2) is 0 Å². The van der Waals surface area contributed by atoms with Crippen LogP contribution in [0.4, 0.5) is 11.4 Å². The molecule has 2 aliphatic rings. The van der Waals surface area contributed by atoms with Gasteiger partial charge in [0.25, 0.3) is 0 Å². The molecular weight excluding hydrogens is 390 g/mol. The number of carbonyl (C=O) groups is 3. The van der Waals surface area contributed by atoms with Gasteiger partial charge in [-0.15, -0.1) is 0 Å². The Morgan fingerprint density at radius 2 is 1.93 bits per heavy atom. The molecule has 7 heteroatoms. The maximum atomic E-state index is 12.6. The van der Waals surface area contributed by atoms with Crippen LogP contribution in [0.1, 0.15) is 24.5 Å². The summed E-state index contributed by atoms with van der Waals surface area (Å²) in [5.74, 6) is -0.541. The van der Waals surface area contributed by atoms with Gasteiger partial charge in [-0.3, -0.25) is 14.4 Å². The lowest BCUT2D eigenvalue weighted by Crippen LogP contribution is -2.32. The highest BCUT2D eigenvalue weighted by atomic mass is 35.5. The number of rotatable bonds is 4. The minimum atomic E-state index is -0.378. The molecule has 2 aliphatic heterocycles. The number of nitrogens with one attached hydrogen (secondary N) is 1. The second-order valence-corrected chi connectivity index (χ2v) is 7.92. The second-order valence-electron chi connectivity index (χ2n) is 7.48. The standard InChI is InChI=1S/C22H22ClN3O3/c1-14(27)25-9-8-16-10-19(6-7-20(16)25)26-13-17(11-21(26)28)22(29)24-12-15-2-4-18(23)5-3-15/h2-7,10,17H,8-9,11-13H2,1H3,(H,24,29)/t17-/m1/s1. The zero-order chi connectivity index (χ0) is 20.5. The average molecular weight is 412 g/mol. The summed E-state index contributed by atoms with van der Waals surface area (Å²) >= 11 is 5.88. The first kappa shape index (κ1) is 19.5. The molecule has 0 aromatic heterocycles. The van der Waals surface area contributed by atoms with Gasteiger partial charge in [0.2, 0.25) is 17.7 Å². The minimum Gasteiger partial charge on any atom is -0.352 e. The third-order valence-electron chi connectivity index (χ3n) is 5.53. The van der Waals surface area contributed by atoms with Crippen LogP contribution >= 0.6 is 11.6 Å². The molecule has 0 spiro atoms. The first-order valence-electron chi connectivity index (χ1n) is 9.66. The zero-order valence-electron chi connectivity index (χ0n) is 16.2. The fourth-order valence-corrected chi connectivity index (χ4v) is 4.08. The van der Waals surface area contributed by atoms with Gasteiger partial charge < -0.3 is 15.1 Å². The predicted molar refractivity (Wildman–Crippen MR) is 112 cm³/mol. The van der Waals surface area contributed by atoms with Gasteiger partial charge in [-0.25, -0.2) is 0 Å². The number of hydrogen-bond donors (Lipinski definition) is 1. The zero-order valence-corrected chi connectivity index (χ0v) is 16.9. The fraction of sp³-hybridized carbons (Fsp3) is 0.318. The lowest BCUT2D eigenvalue weighted by Gasteiger charge is -2.19. The number of anilines is 2. The fourth-order valence-electron chi connectivity index (χ4n) is 3.95. The van der Waals surface area contributed by atoms with Crippen molar-refractivity contribution >= 4 is 40.7 Å². The number of benzene rings is 2. The van der Waals surface area contributed by atoms with Crippen molar-refractivity contribution in [2.45, 2.75) is 26.3 Å². The molecule has 2 heterocycles. The lowest BCUT2D eigenvalue weighted by molar-refractivity contribution is -0.126. The number of amides is 3. The summed E-state index contributed by atoms with van der Waals surface area (Å²) in [6.45, 7) is 2.99. The van der Waals surface area contributed by atoms with Crippen LogP contribution in [0.15, 0.2) is 42.5 Å². The van der Waals surface area contributed by atoms with Crippen LogP contribution in [-0.4, -0.2) is 30.8 Å². The third kappa shape index (κ3) is 3.98. The van der Waals surface area contributed by atoms with Crippen LogP contribution in [0.3, 0.4) is 0 Å². The molecule has 0 unspecified atom stereocenters. The molecule has 1 fully saturated rings. The number of halogens is 1. The van der Waals surface area contributed by atoms with Gasteiger partial charge in [-0.1, -0.05) is 23.7 Å². The third-order valence-corrected chi connectivity index (χ3v) is 5.78. The van der Waals surface area contributed by atoms with E-state index in [1.165, 1.54) is 0 Å². The number of hydrogen-bond acceptors (Lipinski definition) is 3. The molecular formula is C22H22ClN3O3. The Balaban J connectivity index is 1.41. The second kappa shape index (κ2) is 7.87. The van der Waals surface area contributed by atoms with E-state index in [0.717, 1.165) is 28.9 Å². The van der Waals surface area contributed by atoms with Crippen molar-refractivity contribution in [2.24, 2.45) is 5.92 Å². The van der Waals surface area contributed by atoms with Crippen molar-refractivity contribution in [3.63, 3.8) is 0 Å². The summed E-state index contributed by atoms with van der Waals surface area (Å²) in [6.07, 6.45) is 0.971. The molecule has 2 aromatic carbocycles. The van der Waals surface area contributed by atoms with Crippen molar-refractivity contribution in [3.8, 4) is 0 Å². The van der Waals surface area contributed by atoms with Gasteiger partial charge in [0.05, 0.1) is 5.92 Å². The number of carbonyl (C=O) groups excluding carboxylic acids is 3. The van der Waals surface area contributed by atoms with E-state index in [1.807, 2.05) is 30.3 Å². The predicted octanol–water partition coefficient (Wildman–Crippen LogP) is 2.92. The molecule has 6 nitrogen and oxygen atoms in total. The molecule has 0 aliphatic carbocycles. The number of fused-ring (bicyclic) bond motifs is 1. The summed E-state index contributed by atoms with van der Waals surface area (Å²) < 4.78 is 0. The molecule has 1 atom stereocenters. The molecule has 29 heavy (non-hydrogen) atoms. The average Bonchev–Trinajstić information content (AvgIpc) is 3.30. The van der Waals surface area contributed by atoms with Gasteiger partial charge in [-0.05, 0) is 47.9 Å². The van der Waals surface area contributed by atoms with Crippen LogP contribution in [0, 0.1) is 5.92 Å². The maximum absolute atomic E-state index is 12.6. The summed E-state index contributed by atoms with van der Waals surface area (Å²) in [4.78, 5) is 40.2. The van der Waals surface area contributed by atoms with Gasteiger partial charge in [0, 0.05) is 49.4 Å². The molecule has 2 aromatic rings. The molecule has 1 N–H and O–H groups in total. The van der Waals surface area contributed by atoms with E-state index in [1.54, 1.807) is 28.9 Å². The minimum absolute atomic E-state index is 0.0196. The van der Waals surface area contributed by atoms with Crippen LogP contribution in [0.2, 0.25) is 5.02 Å². The van der Waals surface area contributed by atoms with Crippen molar-refractivity contribution < 1.29 is 14.4 Å². The smallest absolute Gasteiger partial charge is 0.227 e. The Bertz CT molecular complexity index is 974. The van der Waals surface area contributed by atoms with E-state index in [9.17, 15) is 14.4 Å². The van der Waals surface area contributed by atoms with Crippen molar-refractivity contribution in [2.75, 3.05) is 22.9 Å². The molecule has 3 amide bonds. The Labute approximate surface area is 174 Å². The first-order chi connectivity index (χ1) is 13.9. The van der Waals surface area contributed by atoms with E-state index in [4.69, 9.17) is 11.6 Å². The van der Waals surface area contributed by atoms with Crippen LogP contribution in [0.25, 0.3) is 0 Å². The molecule has 4 rings (SSSR count). The van der Waals surface area contributed by atoms with Crippen molar-refractivity contribution in [3.05, 3.63) is 58.6 Å². The molecule has 0 radical (unpaired) electrons. The molecule has 1 saturated heterocycles. The Morgan fingerprint density at radius 3 is 2.66 bits per heavy atom. The summed E-state index contributed by atoms with van der Waals surface area (Å²) in [6, 6.07) is 13.0. The van der Waals surface area contributed by atoms with E-state index in [0.29, 0.717) is 24.7 Å². The molecule has 150 valence electrons. The molecule has 0 saturated carbocycles. The SMILES string of the molecule is CC(=O)N1CCc2cc(N3C[C@H](C(=O)NCc4ccc(Cl)cc4)CC3=O)ccc21. The summed E-state index contributed by atoms with van der Waals surface area (Å²) in [7, 11) is 0. The quantitative estimate of drug-likeness (QED) is 0.841. The number of nitrogens with zero attached hydrogens (tertiary/aromatic N) is 2. The van der Waals surface area contributed by atoms with Crippen molar-refractivity contribution in [1.29, 1.82) is 0 Å². The topological polar surface area (TPSA) is 69.7 Å². The Kier molecular flexibility index (Phi) is 5.28. The monoisotopic (exact) mass is 411 g/mol. The van der Waals surface area contributed by atoms with Gasteiger partial charge in [-0.2, -0.15) is 0 Å². The van der Waals surface area contributed by atoms with Crippen LogP contribution < -0.4 is 15.1 Å². The van der Waals surface area contributed by atoms with E-state index in [-0.39, 0.29) is 30.1 Å². The van der Waals surface area contributed by atoms with E-state index >= 15 is 0 Å². The first-order valence-corrected chi connectivity index (χ1v) is 10.0. The van der Waals surface area contributed by atoms with Gasteiger partial charge in [0.1, 0.15) is 0 Å². The normalized spacial score (nSPS) is 18.1. The largest absolute Gasteiger partial charge is 0.352 e. The van der Waals surface area contributed by atoms with Crippen LogP contribution in [-0.2, 0) is 27.3 Å². The highest BCUT2D eigenvalue weighted by Crippen LogP contribution is 2.34. The highest BCUT2D eigenvalue weighted by Gasteiger charge is 2.35.